The van der Waals surface area contributed by atoms with Crippen molar-refractivity contribution < 1.29 is 22.4 Å². The van der Waals surface area contributed by atoms with Crippen molar-refractivity contribution >= 4 is 5.91 Å². The van der Waals surface area contributed by atoms with Gasteiger partial charge in [0.1, 0.15) is 0 Å². The lowest BCUT2D eigenvalue weighted by atomic mass is 9.86. The van der Waals surface area contributed by atoms with Crippen molar-refractivity contribution in [3.05, 3.63) is 0 Å². The van der Waals surface area contributed by atoms with Crippen LogP contribution in [0, 0.1) is 5.92 Å². The van der Waals surface area contributed by atoms with E-state index in [9.17, 15) is 22.4 Å². The van der Waals surface area contributed by atoms with Crippen molar-refractivity contribution in [1.29, 1.82) is 0 Å². The van der Waals surface area contributed by atoms with Gasteiger partial charge in [0.15, 0.2) is 0 Å². The van der Waals surface area contributed by atoms with Crippen LogP contribution in [0.25, 0.3) is 0 Å². The van der Waals surface area contributed by atoms with Gasteiger partial charge in [-0.05, 0) is 31.6 Å². The highest BCUT2D eigenvalue weighted by molar-refractivity contribution is 5.84. The molecule has 17 heavy (non-hydrogen) atoms. The summed E-state index contributed by atoms with van der Waals surface area (Å²) >= 11 is 0. The summed E-state index contributed by atoms with van der Waals surface area (Å²) in [6, 6.07) is -0.344. The largest absolute Gasteiger partial charge is 0.383 e. The molecule has 1 amide bonds. The van der Waals surface area contributed by atoms with Gasteiger partial charge >= 0.3 is 12.3 Å². The van der Waals surface area contributed by atoms with E-state index in [4.69, 9.17) is 0 Å². The van der Waals surface area contributed by atoms with Gasteiger partial charge in [-0.1, -0.05) is 6.92 Å². The van der Waals surface area contributed by atoms with Crippen LogP contribution in [0.2, 0.25) is 0 Å². The van der Waals surface area contributed by atoms with E-state index >= 15 is 0 Å². The van der Waals surface area contributed by atoms with Crippen LogP contribution in [-0.4, -0.2) is 36.2 Å². The lowest BCUT2D eigenvalue weighted by molar-refractivity contribution is -0.182. The highest BCUT2D eigenvalue weighted by Gasteiger charge is 2.51. The Morgan fingerprint density at radius 2 is 1.71 bits per heavy atom. The predicted octanol–water partition coefficient (Wildman–Crippen LogP) is 2.92. The smallest absolute Gasteiger partial charge is 0.337 e. The number of hydrogen-bond donors (Lipinski definition) is 0. The summed E-state index contributed by atoms with van der Waals surface area (Å²) in [4.78, 5) is 12.1. The summed E-state index contributed by atoms with van der Waals surface area (Å²) in [6.07, 6.45) is -1.07. The Morgan fingerprint density at radius 1 is 1.24 bits per heavy atom. The predicted molar refractivity (Wildman–Crippen MR) is 55.1 cm³/mol. The second-order valence-corrected chi connectivity index (χ2v) is 4.75. The first-order chi connectivity index (χ1) is 7.76. The molecule has 1 saturated carbocycles. The number of amides is 1. The first-order valence-electron chi connectivity index (χ1n) is 5.70. The molecule has 0 aromatic rings. The number of halogens is 4. The van der Waals surface area contributed by atoms with Crippen LogP contribution in [0.15, 0.2) is 0 Å². The van der Waals surface area contributed by atoms with Crippen molar-refractivity contribution in [3.63, 3.8) is 0 Å². The summed E-state index contributed by atoms with van der Waals surface area (Å²) in [5.41, 5.74) is 0. The van der Waals surface area contributed by atoms with Crippen molar-refractivity contribution in [2.45, 2.75) is 51.0 Å². The quantitative estimate of drug-likeness (QED) is 0.710. The summed E-state index contributed by atoms with van der Waals surface area (Å²) < 4.78 is 49.9. The summed E-state index contributed by atoms with van der Waals surface area (Å²) in [5, 5.41) is 0. The molecule has 0 spiro atoms. The fourth-order valence-electron chi connectivity index (χ4n) is 2.12. The summed E-state index contributed by atoms with van der Waals surface area (Å²) in [6.45, 7) is 2.05. The maximum absolute atomic E-state index is 12.9. The number of alkyl halides is 4. The number of carbonyl (C=O) groups excluding carboxylic acids is 1. The average molecular weight is 255 g/mol. The van der Waals surface area contributed by atoms with E-state index in [0.717, 1.165) is 17.7 Å². The molecule has 0 atom stereocenters. The second kappa shape index (κ2) is 5.23. The van der Waals surface area contributed by atoms with E-state index in [2.05, 4.69) is 0 Å². The van der Waals surface area contributed by atoms with Gasteiger partial charge in [0, 0.05) is 13.1 Å². The summed E-state index contributed by atoms with van der Waals surface area (Å²) in [5.74, 6) is -5.84. The molecule has 0 N–H and O–H groups in total. The third-order valence-corrected chi connectivity index (χ3v) is 3.41. The molecule has 1 aliphatic rings. The zero-order valence-corrected chi connectivity index (χ0v) is 9.93. The van der Waals surface area contributed by atoms with E-state index < -0.39 is 18.3 Å². The molecule has 0 unspecified atom stereocenters. The Hall–Kier alpha value is -0.810. The molecule has 0 heterocycles. The van der Waals surface area contributed by atoms with Crippen molar-refractivity contribution in [2.24, 2.45) is 5.92 Å². The third kappa shape index (κ3) is 3.10. The van der Waals surface area contributed by atoms with Crippen molar-refractivity contribution in [1.82, 2.24) is 4.90 Å². The lowest BCUT2D eigenvalue weighted by Gasteiger charge is -2.35. The van der Waals surface area contributed by atoms with Crippen LogP contribution in [-0.2, 0) is 4.79 Å². The van der Waals surface area contributed by atoms with E-state index in [0.29, 0.717) is 18.8 Å². The van der Waals surface area contributed by atoms with E-state index in [1.54, 1.807) is 0 Å². The Kier molecular flexibility index (Phi) is 4.38. The molecule has 0 aromatic heterocycles. The SMILES string of the molecule is CC1CCC(N(C)C(=O)C(F)(F)C(F)F)CC1. The fraction of sp³-hybridized carbons (Fsp3) is 0.909. The van der Waals surface area contributed by atoms with Gasteiger partial charge < -0.3 is 4.90 Å². The number of rotatable bonds is 3. The molecule has 1 rings (SSSR count). The first-order valence-corrected chi connectivity index (χ1v) is 5.70. The summed E-state index contributed by atoms with van der Waals surface area (Å²) in [7, 11) is 1.18. The minimum Gasteiger partial charge on any atom is -0.337 e. The molecule has 2 nitrogen and oxygen atoms in total. The highest BCUT2D eigenvalue weighted by atomic mass is 19.3. The standard InChI is InChI=1S/C11H17F4NO/c1-7-3-5-8(6-4-7)16(2)10(17)11(14,15)9(12)13/h7-9H,3-6H2,1-2H3. The molecule has 100 valence electrons. The fourth-order valence-corrected chi connectivity index (χ4v) is 2.12. The Balaban J connectivity index is 2.64. The zero-order valence-electron chi connectivity index (χ0n) is 9.93. The molecule has 0 radical (unpaired) electrons. The monoisotopic (exact) mass is 255 g/mol. The molecule has 0 bridgehead atoms. The van der Waals surface area contributed by atoms with Gasteiger partial charge in [0.05, 0.1) is 0 Å². The molecule has 0 aromatic carbocycles. The maximum Gasteiger partial charge on any atom is 0.383 e. The van der Waals surface area contributed by atoms with Gasteiger partial charge in [-0.15, -0.1) is 0 Å². The normalized spacial score (nSPS) is 26.1. The van der Waals surface area contributed by atoms with Gasteiger partial charge in [0.25, 0.3) is 5.91 Å². The molecule has 0 saturated heterocycles. The Morgan fingerprint density at radius 3 is 2.12 bits per heavy atom. The number of carbonyl (C=O) groups is 1. The molecular weight excluding hydrogens is 238 g/mol. The minimum absolute atomic E-state index is 0.344. The molecule has 6 heteroatoms. The van der Waals surface area contributed by atoms with Gasteiger partial charge in [0.2, 0.25) is 0 Å². The molecule has 1 aliphatic carbocycles. The van der Waals surface area contributed by atoms with Crippen LogP contribution >= 0.6 is 0 Å². The maximum atomic E-state index is 12.9. The first kappa shape index (κ1) is 14.3. The lowest BCUT2D eigenvalue weighted by Crippen LogP contribution is -2.50. The Labute approximate surface area is 98.0 Å². The van der Waals surface area contributed by atoms with Gasteiger partial charge in [-0.3, -0.25) is 4.79 Å². The number of nitrogens with zero attached hydrogens (tertiary/aromatic N) is 1. The van der Waals surface area contributed by atoms with Crippen LogP contribution in [0.1, 0.15) is 32.6 Å². The third-order valence-electron chi connectivity index (χ3n) is 3.41. The Bertz CT molecular complexity index is 275. The van der Waals surface area contributed by atoms with E-state index in [-0.39, 0.29) is 6.04 Å². The topological polar surface area (TPSA) is 20.3 Å². The average Bonchev–Trinajstić information content (AvgIpc) is 2.27. The van der Waals surface area contributed by atoms with Crippen molar-refractivity contribution in [3.8, 4) is 0 Å². The number of hydrogen-bond acceptors (Lipinski definition) is 1. The molecular formula is C11H17F4NO. The zero-order chi connectivity index (χ0) is 13.2. The van der Waals surface area contributed by atoms with Gasteiger partial charge in [-0.2, -0.15) is 8.78 Å². The highest BCUT2D eigenvalue weighted by Crippen LogP contribution is 2.30. The van der Waals surface area contributed by atoms with Crippen molar-refractivity contribution in [2.75, 3.05) is 7.05 Å². The second-order valence-electron chi connectivity index (χ2n) is 4.75. The van der Waals surface area contributed by atoms with Crippen LogP contribution in [0.5, 0.6) is 0 Å². The van der Waals surface area contributed by atoms with E-state index in [1.165, 1.54) is 7.05 Å². The van der Waals surface area contributed by atoms with Crippen LogP contribution < -0.4 is 0 Å². The van der Waals surface area contributed by atoms with Crippen LogP contribution in [0.4, 0.5) is 17.6 Å². The van der Waals surface area contributed by atoms with Gasteiger partial charge in [-0.25, -0.2) is 8.78 Å². The van der Waals surface area contributed by atoms with Crippen LogP contribution in [0.3, 0.4) is 0 Å². The minimum atomic E-state index is -4.57. The van der Waals surface area contributed by atoms with E-state index in [1.807, 2.05) is 6.92 Å². The molecule has 0 aliphatic heterocycles. The molecule has 1 fully saturated rings.